The van der Waals surface area contributed by atoms with E-state index in [0.717, 1.165) is 18.9 Å². The van der Waals surface area contributed by atoms with Gasteiger partial charge in [-0.1, -0.05) is 11.6 Å². The number of carbonyl (C=O) groups is 2. The first-order chi connectivity index (χ1) is 18.2. The number of nitrogens with one attached hydrogen (secondary N) is 2. The van der Waals surface area contributed by atoms with Crippen LogP contribution in [0.4, 0.5) is 27.8 Å². The number of ether oxygens (including phenoxy) is 1. The van der Waals surface area contributed by atoms with Crippen LogP contribution in [0.5, 0.6) is 5.75 Å². The molecule has 0 aliphatic carbocycles. The fourth-order valence-corrected chi connectivity index (χ4v) is 5.27. The predicted molar refractivity (Wildman–Crippen MR) is 134 cm³/mol. The first-order valence-electron chi connectivity index (χ1n) is 12.4. The van der Waals surface area contributed by atoms with Gasteiger partial charge in [-0.15, -0.1) is 0 Å². The van der Waals surface area contributed by atoms with E-state index in [4.69, 9.17) is 16.3 Å². The second-order valence-corrected chi connectivity index (χ2v) is 10.7. The van der Waals surface area contributed by atoms with Gasteiger partial charge in [-0.3, -0.25) is 9.59 Å². The van der Waals surface area contributed by atoms with E-state index in [2.05, 4.69) is 15.2 Å². The fourth-order valence-electron chi connectivity index (χ4n) is 5.09. The molecule has 13 heteroatoms. The van der Waals surface area contributed by atoms with E-state index < -0.39 is 42.1 Å². The van der Waals surface area contributed by atoms with Gasteiger partial charge in [-0.05, 0) is 69.9 Å². The number of piperidine rings is 1. The molecule has 2 N–H and O–H groups in total. The van der Waals surface area contributed by atoms with E-state index >= 15 is 0 Å². The lowest BCUT2D eigenvalue weighted by Gasteiger charge is -2.41. The molecule has 39 heavy (non-hydrogen) atoms. The molecule has 2 atom stereocenters. The normalized spacial score (nSPS) is 21.2. The summed E-state index contributed by atoms with van der Waals surface area (Å²) in [4.78, 5) is 31.5. The molecule has 2 bridgehead atoms. The van der Waals surface area contributed by atoms with E-state index in [1.54, 1.807) is 6.07 Å². The number of carbonyl (C=O) groups excluding carboxylic acids is 2. The summed E-state index contributed by atoms with van der Waals surface area (Å²) in [5.41, 5.74) is -1.81. The van der Waals surface area contributed by atoms with Crippen LogP contribution < -0.4 is 20.3 Å². The van der Waals surface area contributed by atoms with E-state index in [1.165, 1.54) is 38.2 Å². The van der Waals surface area contributed by atoms with Crippen molar-refractivity contribution < 1.29 is 36.3 Å². The van der Waals surface area contributed by atoms with Crippen LogP contribution in [0.1, 0.15) is 61.9 Å². The van der Waals surface area contributed by atoms with Gasteiger partial charge in [0.15, 0.2) is 5.60 Å². The van der Waals surface area contributed by atoms with Gasteiger partial charge in [0.25, 0.3) is 18.2 Å². The van der Waals surface area contributed by atoms with Crippen LogP contribution in [-0.2, 0) is 4.79 Å². The van der Waals surface area contributed by atoms with E-state index in [9.17, 15) is 31.5 Å². The Morgan fingerprint density at radius 2 is 1.79 bits per heavy atom. The third kappa shape index (κ3) is 6.90. The van der Waals surface area contributed by atoms with E-state index in [1.807, 2.05) is 5.32 Å². The molecule has 212 valence electrons. The Hall–Kier alpha value is -3.15. The zero-order chi connectivity index (χ0) is 28.5. The average molecular weight is 575 g/mol. The summed E-state index contributed by atoms with van der Waals surface area (Å²) in [6.45, 7) is 1.59. The third-order valence-corrected chi connectivity index (χ3v) is 7.15. The lowest BCUT2D eigenvalue weighted by Crippen LogP contribution is -2.55. The van der Waals surface area contributed by atoms with Crippen molar-refractivity contribution in [1.82, 2.24) is 15.6 Å². The van der Waals surface area contributed by atoms with Crippen molar-refractivity contribution in [2.24, 2.45) is 0 Å². The number of rotatable bonds is 8. The third-order valence-electron chi connectivity index (χ3n) is 6.91. The first kappa shape index (κ1) is 28.8. The van der Waals surface area contributed by atoms with Crippen molar-refractivity contribution in [1.29, 1.82) is 0 Å². The van der Waals surface area contributed by atoms with Crippen molar-refractivity contribution >= 4 is 29.2 Å². The summed E-state index contributed by atoms with van der Waals surface area (Å²) in [6, 6.07) is 6.81. The van der Waals surface area contributed by atoms with Crippen LogP contribution >= 0.6 is 11.6 Å². The largest absolute Gasteiger partial charge is 0.478 e. The lowest BCUT2D eigenvalue weighted by molar-refractivity contribution is -0.135. The van der Waals surface area contributed by atoms with Crippen LogP contribution in [0.15, 0.2) is 36.5 Å². The number of hydrogen-bond donors (Lipinski definition) is 2. The first-order valence-corrected chi connectivity index (χ1v) is 12.8. The molecular weight excluding hydrogens is 547 g/mol. The molecule has 2 aliphatic heterocycles. The quantitative estimate of drug-likeness (QED) is 0.410. The smallest absolute Gasteiger partial charge is 0.405 e. The topological polar surface area (TPSA) is 83.6 Å². The molecule has 0 radical (unpaired) electrons. The van der Waals surface area contributed by atoms with Gasteiger partial charge in [0.05, 0.1) is 11.1 Å². The molecule has 2 aromatic rings. The summed E-state index contributed by atoms with van der Waals surface area (Å²) in [7, 11) is 0. The standard InChI is InChI=1S/C26H28ClF5N4O3/c1-25(2,39-20-7-4-15(27)9-19(20)22(28)29)24(38)35-16-10-17-5-6-18(11-16)36(17)21-8-3-14(12-33-21)23(37)34-13-26(30,31)32/h3-4,7-9,12,16-18,22H,5-6,10-11,13H2,1-2H3,(H,34,37)(H,35,38). The zero-order valence-electron chi connectivity index (χ0n) is 21.2. The Balaban J connectivity index is 1.37. The maximum atomic E-state index is 13.5. The molecule has 3 heterocycles. The molecule has 2 unspecified atom stereocenters. The van der Waals surface area contributed by atoms with Crippen LogP contribution in [-0.4, -0.2) is 53.2 Å². The Morgan fingerprint density at radius 1 is 1.13 bits per heavy atom. The molecule has 7 nitrogen and oxygen atoms in total. The summed E-state index contributed by atoms with van der Waals surface area (Å²) in [6.07, 6.45) is -3.15. The van der Waals surface area contributed by atoms with E-state index in [0.29, 0.717) is 18.7 Å². The Morgan fingerprint density at radius 3 is 2.36 bits per heavy atom. The van der Waals surface area contributed by atoms with Gasteiger partial charge in [-0.2, -0.15) is 13.2 Å². The number of amides is 2. The van der Waals surface area contributed by atoms with Crippen molar-refractivity contribution in [3.8, 4) is 5.75 Å². The molecule has 0 spiro atoms. The summed E-state index contributed by atoms with van der Waals surface area (Å²) < 4.78 is 69.7. The number of alkyl halides is 5. The van der Waals surface area contributed by atoms with Gasteiger partial charge in [-0.25, -0.2) is 13.8 Å². The summed E-state index contributed by atoms with van der Waals surface area (Å²) in [5.74, 6) is -0.820. The summed E-state index contributed by atoms with van der Waals surface area (Å²) >= 11 is 5.83. The van der Waals surface area contributed by atoms with E-state index in [-0.39, 0.29) is 34.5 Å². The van der Waals surface area contributed by atoms with Crippen molar-refractivity contribution in [3.05, 3.63) is 52.7 Å². The lowest BCUT2D eigenvalue weighted by atomic mass is 9.96. The van der Waals surface area contributed by atoms with Gasteiger partial charge >= 0.3 is 6.18 Å². The number of fused-ring (bicyclic) bond motifs is 2. The number of halogens is 6. The van der Waals surface area contributed by atoms with Gasteiger partial charge in [0.2, 0.25) is 0 Å². The Labute approximate surface area is 227 Å². The number of pyridine rings is 1. The minimum absolute atomic E-state index is 0.0235. The predicted octanol–water partition coefficient (Wildman–Crippen LogP) is 5.44. The highest BCUT2D eigenvalue weighted by molar-refractivity contribution is 6.30. The van der Waals surface area contributed by atoms with Crippen molar-refractivity contribution in [2.45, 2.75) is 75.9 Å². The van der Waals surface area contributed by atoms with Crippen LogP contribution in [0.25, 0.3) is 0 Å². The highest BCUT2D eigenvalue weighted by Gasteiger charge is 2.43. The zero-order valence-corrected chi connectivity index (χ0v) is 22.0. The Bertz CT molecular complexity index is 1200. The maximum absolute atomic E-state index is 13.5. The van der Waals surface area contributed by atoms with Gasteiger partial charge in [0.1, 0.15) is 18.1 Å². The number of anilines is 1. The molecule has 2 amide bonds. The molecule has 2 aliphatic rings. The molecule has 4 rings (SSSR count). The van der Waals surface area contributed by atoms with Crippen LogP contribution in [0.2, 0.25) is 5.02 Å². The molecule has 2 saturated heterocycles. The SMILES string of the molecule is CC(C)(Oc1ccc(Cl)cc1C(F)F)C(=O)NC1CC2CCC(C1)N2c1ccc(C(=O)NCC(F)(F)F)cn1. The molecule has 1 aromatic heterocycles. The average Bonchev–Trinajstić information content (AvgIpc) is 3.13. The number of aromatic nitrogens is 1. The highest BCUT2D eigenvalue weighted by atomic mass is 35.5. The number of benzene rings is 1. The minimum Gasteiger partial charge on any atom is -0.478 e. The minimum atomic E-state index is -4.51. The van der Waals surface area contributed by atoms with Crippen molar-refractivity contribution in [3.63, 3.8) is 0 Å². The van der Waals surface area contributed by atoms with Crippen LogP contribution in [0, 0.1) is 0 Å². The highest BCUT2D eigenvalue weighted by Crippen LogP contribution is 2.39. The molecular formula is C26H28ClF5N4O3. The number of nitrogens with zero attached hydrogens (tertiary/aromatic N) is 2. The maximum Gasteiger partial charge on any atom is 0.405 e. The van der Waals surface area contributed by atoms with Crippen molar-refractivity contribution in [2.75, 3.05) is 11.4 Å². The van der Waals surface area contributed by atoms with Crippen LogP contribution in [0.3, 0.4) is 0 Å². The fraction of sp³-hybridized carbons (Fsp3) is 0.500. The monoisotopic (exact) mass is 574 g/mol. The van der Waals surface area contributed by atoms with Gasteiger partial charge in [0, 0.05) is 29.3 Å². The summed E-state index contributed by atoms with van der Waals surface area (Å²) in [5, 5.41) is 4.95. The Kier molecular flexibility index (Phi) is 8.25. The van der Waals surface area contributed by atoms with Gasteiger partial charge < -0.3 is 20.3 Å². The second kappa shape index (κ2) is 11.1. The number of hydrogen-bond acceptors (Lipinski definition) is 5. The molecule has 1 aromatic carbocycles. The second-order valence-electron chi connectivity index (χ2n) is 10.2. The molecule has 0 saturated carbocycles. The molecule has 2 fully saturated rings.